The molecule has 7 nitrogen and oxygen atoms in total. The third-order valence-corrected chi connectivity index (χ3v) is 7.46. The minimum absolute atomic E-state index is 0.235. The summed E-state index contributed by atoms with van der Waals surface area (Å²) in [6.07, 6.45) is 9.86. The summed E-state index contributed by atoms with van der Waals surface area (Å²) in [6, 6.07) is 9.52. The molecule has 41 heavy (non-hydrogen) atoms. The van der Waals surface area contributed by atoms with Crippen molar-refractivity contribution in [2.45, 2.75) is 134 Å². The van der Waals surface area contributed by atoms with Crippen LogP contribution < -0.4 is 0 Å². The van der Waals surface area contributed by atoms with E-state index in [1.807, 2.05) is 30.3 Å². The molecule has 0 saturated carbocycles. The molecule has 2 aliphatic rings. The number of benzene rings is 1. The minimum atomic E-state index is -1.17. The first kappa shape index (κ1) is 33.1. The van der Waals surface area contributed by atoms with Gasteiger partial charge in [0.1, 0.15) is 18.3 Å². The summed E-state index contributed by atoms with van der Waals surface area (Å²) in [6.45, 7) is 2.48. The SMILES string of the molecule is CCCCCCCCCC#CC#CCCCCCCC(=O)O[C@@H]1[C@@H](O)[C@@H](OC)O[C@@H]2COC(c3ccccc3)O[C@@H]12. The number of hydrogen-bond acceptors (Lipinski definition) is 7. The van der Waals surface area contributed by atoms with Crippen LogP contribution in [0.15, 0.2) is 30.3 Å². The summed E-state index contributed by atoms with van der Waals surface area (Å²) in [7, 11) is 1.44. The zero-order valence-electron chi connectivity index (χ0n) is 24.9. The molecule has 6 atom stereocenters. The molecule has 2 fully saturated rings. The van der Waals surface area contributed by atoms with Gasteiger partial charge in [0, 0.05) is 31.9 Å². The summed E-state index contributed by atoms with van der Waals surface area (Å²) in [5.41, 5.74) is 0.847. The van der Waals surface area contributed by atoms with Crippen LogP contribution in [0, 0.1) is 23.7 Å². The van der Waals surface area contributed by atoms with E-state index in [2.05, 4.69) is 30.6 Å². The second-order valence-electron chi connectivity index (χ2n) is 10.8. The third-order valence-electron chi connectivity index (χ3n) is 7.46. The van der Waals surface area contributed by atoms with Crippen molar-refractivity contribution < 1.29 is 33.6 Å². The monoisotopic (exact) mass is 568 g/mol. The fraction of sp³-hybridized carbons (Fsp3) is 0.676. The van der Waals surface area contributed by atoms with E-state index < -0.39 is 37.0 Å². The summed E-state index contributed by atoms with van der Waals surface area (Å²) in [5.74, 6) is 11.8. The Kier molecular flexibility index (Phi) is 15.9. The van der Waals surface area contributed by atoms with Gasteiger partial charge in [-0.2, -0.15) is 0 Å². The largest absolute Gasteiger partial charge is 0.456 e. The van der Waals surface area contributed by atoms with Crippen LogP contribution >= 0.6 is 0 Å². The number of hydrogen-bond donors (Lipinski definition) is 1. The maximum absolute atomic E-state index is 12.7. The molecule has 226 valence electrons. The summed E-state index contributed by atoms with van der Waals surface area (Å²) >= 11 is 0. The van der Waals surface area contributed by atoms with Gasteiger partial charge < -0.3 is 28.8 Å². The van der Waals surface area contributed by atoms with E-state index in [-0.39, 0.29) is 19.0 Å². The van der Waals surface area contributed by atoms with Gasteiger partial charge in [-0.3, -0.25) is 4.79 Å². The normalized spacial score (nSPS) is 25.2. The van der Waals surface area contributed by atoms with Gasteiger partial charge in [-0.25, -0.2) is 0 Å². The average Bonchev–Trinajstić information content (AvgIpc) is 3.00. The van der Waals surface area contributed by atoms with E-state index >= 15 is 0 Å². The van der Waals surface area contributed by atoms with Crippen molar-refractivity contribution in [1.82, 2.24) is 0 Å². The van der Waals surface area contributed by atoms with E-state index in [9.17, 15) is 9.90 Å². The molecule has 0 amide bonds. The highest BCUT2D eigenvalue weighted by molar-refractivity contribution is 5.69. The molecule has 0 spiro atoms. The van der Waals surface area contributed by atoms with E-state index in [1.54, 1.807) is 0 Å². The van der Waals surface area contributed by atoms with Crippen molar-refractivity contribution in [3.8, 4) is 23.7 Å². The molecule has 1 aromatic rings. The van der Waals surface area contributed by atoms with Crippen molar-refractivity contribution in [1.29, 1.82) is 0 Å². The molecule has 0 radical (unpaired) electrons. The number of fused-ring (bicyclic) bond motifs is 1. The second kappa shape index (κ2) is 19.7. The number of methoxy groups -OCH3 is 1. The van der Waals surface area contributed by atoms with Crippen LogP contribution in [0.25, 0.3) is 0 Å². The first-order chi connectivity index (χ1) is 20.1. The Bertz CT molecular complexity index is 989. The Labute approximate surface area is 246 Å². The molecule has 0 bridgehead atoms. The predicted octanol–water partition coefficient (Wildman–Crippen LogP) is 6.23. The Morgan fingerprint density at radius 1 is 0.902 bits per heavy atom. The molecule has 3 rings (SSSR count). The Balaban J connectivity index is 1.31. The molecule has 1 N–H and O–H groups in total. The average molecular weight is 569 g/mol. The number of aliphatic hydroxyl groups is 1. The van der Waals surface area contributed by atoms with Gasteiger partial charge in [0.05, 0.1) is 6.61 Å². The number of unbranched alkanes of at least 4 members (excludes halogenated alkanes) is 11. The molecule has 1 unspecified atom stereocenters. The highest BCUT2D eigenvalue weighted by Gasteiger charge is 2.51. The smallest absolute Gasteiger partial charge is 0.306 e. The Morgan fingerprint density at radius 2 is 1.54 bits per heavy atom. The molecule has 1 aromatic carbocycles. The van der Waals surface area contributed by atoms with E-state index in [4.69, 9.17) is 23.7 Å². The number of carbonyl (C=O) groups is 1. The van der Waals surface area contributed by atoms with Gasteiger partial charge in [-0.15, -0.1) is 0 Å². The predicted molar refractivity (Wildman–Crippen MR) is 157 cm³/mol. The van der Waals surface area contributed by atoms with E-state index in [0.29, 0.717) is 6.42 Å². The molecule has 2 heterocycles. The minimum Gasteiger partial charge on any atom is -0.456 e. The lowest BCUT2D eigenvalue weighted by Gasteiger charge is -2.47. The van der Waals surface area contributed by atoms with E-state index in [0.717, 1.165) is 37.7 Å². The first-order valence-corrected chi connectivity index (χ1v) is 15.5. The molecule has 7 heteroatoms. The number of ether oxygens (including phenoxy) is 5. The third kappa shape index (κ3) is 11.8. The zero-order chi connectivity index (χ0) is 29.1. The molecular weight excluding hydrogens is 520 g/mol. The number of rotatable bonds is 16. The molecule has 0 aromatic heterocycles. The quantitative estimate of drug-likeness (QED) is 0.144. The lowest BCUT2D eigenvalue weighted by Crippen LogP contribution is -2.63. The molecule has 0 aliphatic carbocycles. The van der Waals surface area contributed by atoms with Crippen LogP contribution in [0.2, 0.25) is 0 Å². The van der Waals surface area contributed by atoms with Crippen LogP contribution in [0.3, 0.4) is 0 Å². The van der Waals surface area contributed by atoms with E-state index in [1.165, 1.54) is 52.1 Å². The molecule has 2 aliphatic heterocycles. The first-order valence-electron chi connectivity index (χ1n) is 15.5. The maximum Gasteiger partial charge on any atom is 0.306 e. The Hall–Kier alpha value is -2.39. The van der Waals surface area contributed by atoms with Crippen molar-refractivity contribution in [3.63, 3.8) is 0 Å². The zero-order valence-corrected chi connectivity index (χ0v) is 24.9. The van der Waals surface area contributed by atoms with Crippen LogP contribution in [-0.4, -0.2) is 55.5 Å². The van der Waals surface area contributed by atoms with Crippen molar-refractivity contribution in [2.24, 2.45) is 0 Å². The van der Waals surface area contributed by atoms with Gasteiger partial charge in [-0.05, 0) is 31.1 Å². The van der Waals surface area contributed by atoms with Gasteiger partial charge in [0.15, 0.2) is 18.7 Å². The summed E-state index contributed by atoms with van der Waals surface area (Å²) in [4.78, 5) is 12.7. The van der Waals surface area contributed by atoms with Crippen LogP contribution in [-0.2, 0) is 28.5 Å². The van der Waals surface area contributed by atoms with Crippen LogP contribution in [0.4, 0.5) is 0 Å². The summed E-state index contributed by atoms with van der Waals surface area (Å²) < 4.78 is 28.8. The van der Waals surface area contributed by atoms with Gasteiger partial charge >= 0.3 is 5.97 Å². The topological polar surface area (TPSA) is 83.5 Å². The van der Waals surface area contributed by atoms with Gasteiger partial charge in [0.2, 0.25) is 0 Å². The van der Waals surface area contributed by atoms with Crippen molar-refractivity contribution >= 4 is 5.97 Å². The van der Waals surface area contributed by atoms with Gasteiger partial charge in [0.25, 0.3) is 0 Å². The number of aliphatic hydroxyl groups excluding tert-OH is 1. The van der Waals surface area contributed by atoms with Crippen molar-refractivity contribution in [2.75, 3.05) is 13.7 Å². The molecule has 2 saturated heterocycles. The Morgan fingerprint density at radius 3 is 2.20 bits per heavy atom. The fourth-order valence-electron chi connectivity index (χ4n) is 5.10. The number of carbonyl (C=O) groups excluding carboxylic acids is 1. The van der Waals surface area contributed by atoms with Crippen LogP contribution in [0.5, 0.6) is 0 Å². The highest BCUT2D eigenvalue weighted by Crippen LogP contribution is 2.35. The standard InChI is InChI=1S/C34H48O7/c1-3-4-5-6-7-8-9-10-11-12-13-14-15-16-17-18-22-25-29(35)40-32-30(36)34(37-2)39-28-26-38-33(41-31(28)32)27-23-20-19-21-24-27/h19-21,23-24,28,30-34,36H,3-10,15-18,22,25-26H2,1-2H3/t28-,30-,31-,32-,33?,34+/m1/s1. The highest BCUT2D eigenvalue weighted by atomic mass is 16.8. The second-order valence-corrected chi connectivity index (χ2v) is 10.8. The summed E-state index contributed by atoms with van der Waals surface area (Å²) in [5, 5.41) is 10.8. The number of esters is 1. The fourth-order valence-corrected chi connectivity index (χ4v) is 5.10. The van der Waals surface area contributed by atoms with Crippen LogP contribution in [0.1, 0.15) is 109 Å². The molecular formula is C34H48O7. The van der Waals surface area contributed by atoms with Gasteiger partial charge in [-0.1, -0.05) is 100 Å². The van der Waals surface area contributed by atoms with Crippen molar-refractivity contribution in [3.05, 3.63) is 35.9 Å². The lowest BCUT2D eigenvalue weighted by molar-refractivity contribution is -0.358. The maximum atomic E-state index is 12.7. The lowest BCUT2D eigenvalue weighted by atomic mass is 9.97.